The summed E-state index contributed by atoms with van der Waals surface area (Å²) in [6.45, 7) is 1.78. The molecule has 0 bridgehead atoms. The number of hydrogen-bond acceptors (Lipinski definition) is 5. The van der Waals surface area contributed by atoms with Gasteiger partial charge in [-0.05, 0) is 24.6 Å². The first-order valence-electron chi connectivity index (χ1n) is 7.31. The summed E-state index contributed by atoms with van der Waals surface area (Å²) in [6, 6.07) is 6.51. The third-order valence-corrected chi connectivity index (χ3v) is 4.89. The van der Waals surface area contributed by atoms with Crippen LogP contribution in [0.15, 0.2) is 30.5 Å². The third-order valence-electron chi connectivity index (χ3n) is 3.81. The molecule has 1 N–H and O–H groups in total. The largest absolute Gasteiger partial charge is 0.356 e. The lowest BCUT2D eigenvalue weighted by Gasteiger charge is -2.38. The molecule has 0 aliphatic carbocycles. The van der Waals surface area contributed by atoms with E-state index in [-0.39, 0.29) is 18.4 Å². The number of halogens is 1. The standard InChI is InChI=1S/C16H16ClN3O3S/c1-9-7-18-16(24-9)19-15(22)14-13(20(2)12(21)8-23-14)10-3-5-11(17)6-4-10/h3-7,13-14H,8H2,1-2H3,(H,18,19,22)/t13-,14-/m0/s1. The van der Waals surface area contributed by atoms with Crippen molar-refractivity contribution in [2.24, 2.45) is 0 Å². The van der Waals surface area contributed by atoms with Crippen molar-refractivity contribution in [3.8, 4) is 0 Å². The summed E-state index contributed by atoms with van der Waals surface area (Å²) in [5.41, 5.74) is 0.783. The van der Waals surface area contributed by atoms with Crippen LogP contribution in [0, 0.1) is 6.92 Å². The zero-order valence-electron chi connectivity index (χ0n) is 13.2. The van der Waals surface area contributed by atoms with E-state index in [1.165, 1.54) is 16.2 Å². The molecule has 1 fully saturated rings. The van der Waals surface area contributed by atoms with Crippen LogP contribution in [0.2, 0.25) is 5.02 Å². The molecule has 6 nitrogen and oxygen atoms in total. The van der Waals surface area contributed by atoms with Crippen LogP contribution in [0.4, 0.5) is 5.13 Å². The van der Waals surface area contributed by atoms with E-state index in [1.54, 1.807) is 37.5 Å². The molecule has 0 radical (unpaired) electrons. The number of benzene rings is 1. The SMILES string of the molecule is Cc1cnc(NC(=O)[C@H]2OCC(=O)N(C)[C@H]2c2ccc(Cl)cc2)s1. The summed E-state index contributed by atoms with van der Waals surface area (Å²) >= 11 is 7.31. The first-order valence-corrected chi connectivity index (χ1v) is 8.51. The molecule has 1 aliphatic rings. The molecule has 1 aliphatic heterocycles. The van der Waals surface area contributed by atoms with Crippen LogP contribution in [0.3, 0.4) is 0 Å². The number of carbonyl (C=O) groups is 2. The number of aromatic nitrogens is 1. The lowest BCUT2D eigenvalue weighted by molar-refractivity contribution is -0.160. The second-order valence-corrected chi connectivity index (χ2v) is 7.17. The van der Waals surface area contributed by atoms with E-state index in [0.717, 1.165) is 10.4 Å². The first-order chi connectivity index (χ1) is 11.5. The minimum absolute atomic E-state index is 0.129. The second kappa shape index (κ2) is 6.88. The number of aryl methyl sites for hydroxylation is 1. The van der Waals surface area contributed by atoms with Gasteiger partial charge in [0.05, 0.1) is 6.04 Å². The summed E-state index contributed by atoms with van der Waals surface area (Å²) in [7, 11) is 1.66. The molecule has 1 aromatic carbocycles. The lowest BCUT2D eigenvalue weighted by Crippen LogP contribution is -2.51. The van der Waals surface area contributed by atoms with Crippen molar-refractivity contribution in [1.29, 1.82) is 0 Å². The van der Waals surface area contributed by atoms with Gasteiger partial charge in [-0.1, -0.05) is 23.7 Å². The van der Waals surface area contributed by atoms with Crippen LogP contribution in [0.5, 0.6) is 0 Å². The summed E-state index contributed by atoms with van der Waals surface area (Å²) in [5, 5.41) is 3.85. The summed E-state index contributed by atoms with van der Waals surface area (Å²) < 4.78 is 5.54. The predicted octanol–water partition coefficient (Wildman–Crippen LogP) is 2.64. The highest BCUT2D eigenvalue weighted by atomic mass is 35.5. The quantitative estimate of drug-likeness (QED) is 0.907. The van der Waals surface area contributed by atoms with E-state index >= 15 is 0 Å². The van der Waals surface area contributed by atoms with Crippen LogP contribution < -0.4 is 5.32 Å². The molecule has 0 unspecified atom stereocenters. The Morgan fingerprint density at radius 3 is 2.75 bits per heavy atom. The van der Waals surface area contributed by atoms with Gasteiger partial charge in [0, 0.05) is 23.1 Å². The number of ether oxygens (including phenoxy) is 1. The van der Waals surface area contributed by atoms with E-state index in [1.807, 2.05) is 6.92 Å². The van der Waals surface area contributed by atoms with Crippen LogP contribution in [-0.4, -0.2) is 41.5 Å². The monoisotopic (exact) mass is 365 g/mol. The molecule has 24 heavy (non-hydrogen) atoms. The number of thiazole rings is 1. The Morgan fingerprint density at radius 1 is 1.42 bits per heavy atom. The van der Waals surface area contributed by atoms with Crippen molar-refractivity contribution in [3.05, 3.63) is 45.9 Å². The highest BCUT2D eigenvalue weighted by Crippen LogP contribution is 2.31. The molecule has 2 atom stereocenters. The predicted molar refractivity (Wildman–Crippen MR) is 92.2 cm³/mol. The van der Waals surface area contributed by atoms with Gasteiger partial charge < -0.3 is 9.64 Å². The third kappa shape index (κ3) is 3.43. The Bertz CT molecular complexity index is 762. The van der Waals surface area contributed by atoms with Crippen molar-refractivity contribution in [1.82, 2.24) is 9.88 Å². The summed E-state index contributed by atoms with van der Waals surface area (Å²) in [4.78, 5) is 31.3. The van der Waals surface area contributed by atoms with E-state index < -0.39 is 12.1 Å². The number of amides is 2. The van der Waals surface area contributed by atoms with Crippen LogP contribution in [0.1, 0.15) is 16.5 Å². The molecular formula is C16H16ClN3O3S. The fraction of sp³-hybridized carbons (Fsp3) is 0.312. The summed E-state index contributed by atoms with van der Waals surface area (Å²) in [5.74, 6) is -0.507. The van der Waals surface area contributed by atoms with E-state index in [4.69, 9.17) is 16.3 Å². The van der Waals surface area contributed by atoms with Crippen LogP contribution >= 0.6 is 22.9 Å². The molecule has 8 heteroatoms. The van der Waals surface area contributed by atoms with Crippen molar-refractivity contribution >= 4 is 39.9 Å². The number of rotatable bonds is 3. The van der Waals surface area contributed by atoms with E-state index in [0.29, 0.717) is 10.2 Å². The van der Waals surface area contributed by atoms with Crippen molar-refractivity contribution in [2.45, 2.75) is 19.1 Å². The molecule has 0 saturated carbocycles. The highest BCUT2D eigenvalue weighted by molar-refractivity contribution is 7.15. The van der Waals surface area contributed by atoms with Crippen molar-refractivity contribution in [3.63, 3.8) is 0 Å². The normalized spacial score (nSPS) is 21.0. The number of likely N-dealkylation sites (N-methyl/N-ethyl adjacent to an activating group) is 1. The van der Waals surface area contributed by atoms with Crippen molar-refractivity contribution in [2.75, 3.05) is 19.0 Å². The molecule has 126 valence electrons. The molecule has 2 amide bonds. The van der Waals surface area contributed by atoms with Gasteiger partial charge in [-0.25, -0.2) is 4.98 Å². The van der Waals surface area contributed by atoms with Crippen molar-refractivity contribution < 1.29 is 14.3 Å². The lowest BCUT2D eigenvalue weighted by atomic mass is 9.98. The number of nitrogens with one attached hydrogen (secondary N) is 1. The summed E-state index contributed by atoms with van der Waals surface area (Å²) in [6.07, 6.45) is 0.868. The topological polar surface area (TPSA) is 71.5 Å². The van der Waals surface area contributed by atoms with Gasteiger partial charge in [0.1, 0.15) is 6.61 Å². The maximum absolute atomic E-state index is 12.6. The average molecular weight is 366 g/mol. The minimum Gasteiger partial charge on any atom is -0.356 e. The maximum atomic E-state index is 12.6. The van der Waals surface area contributed by atoms with Gasteiger partial charge in [-0.15, -0.1) is 11.3 Å². The molecule has 2 aromatic rings. The molecule has 0 spiro atoms. The number of hydrogen-bond donors (Lipinski definition) is 1. The molecular weight excluding hydrogens is 350 g/mol. The minimum atomic E-state index is -0.821. The fourth-order valence-corrected chi connectivity index (χ4v) is 3.37. The van der Waals surface area contributed by atoms with Crippen LogP contribution in [0.25, 0.3) is 0 Å². The van der Waals surface area contributed by atoms with Gasteiger partial charge in [0.15, 0.2) is 11.2 Å². The number of anilines is 1. The van der Waals surface area contributed by atoms with Gasteiger partial charge in [0.25, 0.3) is 5.91 Å². The molecule has 3 rings (SSSR count). The van der Waals surface area contributed by atoms with Gasteiger partial charge in [-0.3, -0.25) is 14.9 Å². The molecule has 1 saturated heterocycles. The fourth-order valence-electron chi connectivity index (χ4n) is 2.58. The van der Waals surface area contributed by atoms with Gasteiger partial charge in [0.2, 0.25) is 5.91 Å². The number of morpholine rings is 1. The first kappa shape index (κ1) is 16.9. The van der Waals surface area contributed by atoms with E-state index in [9.17, 15) is 9.59 Å². The van der Waals surface area contributed by atoms with E-state index in [2.05, 4.69) is 10.3 Å². The zero-order chi connectivity index (χ0) is 17.3. The smallest absolute Gasteiger partial charge is 0.257 e. The molecule has 1 aromatic heterocycles. The Morgan fingerprint density at radius 2 is 2.12 bits per heavy atom. The number of nitrogens with zero attached hydrogens (tertiary/aromatic N) is 2. The van der Waals surface area contributed by atoms with Gasteiger partial charge >= 0.3 is 0 Å². The number of carbonyl (C=O) groups excluding carboxylic acids is 2. The van der Waals surface area contributed by atoms with Gasteiger partial charge in [-0.2, -0.15) is 0 Å². The Balaban J connectivity index is 1.86. The Labute approximate surface area is 148 Å². The average Bonchev–Trinajstić information content (AvgIpc) is 2.96. The highest BCUT2D eigenvalue weighted by Gasteiger charge is 2.40. The maximum Gasteiger partial charge on any atom is 0.257 e. The van der Waals surface area contributed by atoms with Crippen LogP contribution in [-0.2, 0) is 14.3 Å². The second-order valence-electron chi connectivity index (χ2n) is 5.50. The Kier molecular flexibility index (Phi) is 4.84. The molecule has 2 heterocycles. The Hall–Kier alpha value is -1.96. The zero-order valence-corrected chi connectivity index (χ0v) is 14.7.